The maximum absolute atomic E-state index is 12.6. The number of pyridine rings is 2. The van der Waals surface area contributed by atoms with Crippen LogP contribution in [0.3, 0.4) is 0 Å². The minimum Gasteiger partial charge on any atom is -0.451 e. The molecule has 5 heteroatoms. The van der Waals surface area contributed by atoms with Crippen molar-refractivity contribution in [2.45, 2.75) is 44.2 Å². The topological polar surface area (TPSA) is 61.2 Å². The fourth-order valence-corrected chi connectivity index (χ4v) is 3.24. The molecule has 0 N–H and O–H groups in total. The first-order valence-electron chi connectivity index (χ1n) is 7.97. The van der Waals surface area contributed by atoms with Gasteiger partial charge in [0, 0.05) is 29.7 Å². The predicted octanol–water partition coefficient (Wildman–Crippen LogP) is 2.60. The van der Waals surface area contributed by atoms with E-state index in [1.54, 1.807) is 17.0 Å². The third-order valence-electron chi connectivity index (χ3n) is 4.74. The Balaban J connectivity index is 1.66. The molecule has 0 spiro atoms. The minimum absolute atomic E-state index is 0.211. The van der Waals surface area contributed by atoms with Gasteiger partial charge in [0.1, 0.15) is 11.2 Å². The predicted molar refractivity (Wildman–Crippen MR) is 84.3 cm³/mol. The van der Waals surface area contributed by atoms with Gasteiger partial charge in [0.15, 0.2) is 0 Å². The van der Waals surface area contributed by atoms with Gasteiger partial charge in [0.25, 0.3) is 5.56 Å². The van der Waals surface area contributed by atoms with Crippen LogP contribution in [0, 0.1) is 0 Å². The average Bonchev–Trinajstić information content (AvgIpc) is 3.34. The largest absolute Gasteiger partial charge is 0.451 e. The average molecular weight is 310 g/mol. The van der Waals surface area contributed by atoms with E-state index in [1.807, 2.05) is 31.2 Å². The third-order valence-corrected chi connectivity index (χ3v) is 4.74. The second kappa shape index (κ2) is 5.05. The Morgan fingerprint density at radius 1 is 1.30 bits per heavy atom. The normalized spacial score (nSPS) is 22.7. The van der Waals surface area contributed by atoms with E-state index < -0.39 is 11.6 Å². The molecule has 0 bridgehead atoms. The summed E-state index contributed by atoms with van der Waals surface area (Å²) in [6.07, 6.45) is 6.86. The maximum atomic E-state index is 12.6. The van der Waals surface area contributed by atoms with Gasteiger partial charge in [-0.15, -0.1) is 0 Å². The van der Waals surface area contributed by atoms with Crippen LogP contribution >= 0.6 is 0 Å². The monoisotopic (exact) mass is 310 g/mol. The summed E-state index contributed by atoms with van der Waals surface area (Å²) in [5.74, 6) is -0.497. The Morgan fingerprint density at radius 2 is 2.13 bits per heavy atom. The zero-order valence-electron chi connectivity index (χ0n) is 13.0. The van der Waals surface area contributed by atoms with Gasteiger partial charge in [0.05, 0.1) is 0 Å². The Bertz CT molecular complexity index is 824. The van der Waals surface area contributed by atoms with Gasteiger partial charge >= 0.3 is 5.97 Å². The number of fused-ring (bicyclic) bond motifs is 1. The van der Waals surface area contributed by atoms with Crippen LogP contribution in [0.25, 0.3) is 0 Å². The first kappa shape index (κ1) is 14.2. The Morgan fingerprint density at radius 3 is 2.83 bits per heavy atom. The second-order valence-electron chi connectivity index (χ2n) is 6.49. The van der Waals surface area contributed by atoms with Crippen molar-refractivity contribution in [2.24, 2.45) is 0 Å². The van der Waals surface area contributed by atoms with Gasteiger partial charge in [-0.3, -0.25) is 9.78 Å². The Kier molecular flexibility index (Phi) is 3.11. The summed E-state index contributed by atoms with van der Waals surface area (Å²) < 4.78 is 7.27. The maximum Gasteiger partial charge on any atom is 0.345 e. The second-order valence-corrected chi connectivity index (χ2v) is 6.49. The van der Waals surface area contributed by atoms with Crippen LogP contribution in [0.2, 0.25) is 0 Å². The number of esters is 1. The number of aryl methyl sites for hydroxylation is 1. The molecule has 2 aromatic heterocycles. The number of hydrogen-bond donors (Lipinski definition) is 0. The molecule has 2 aliphatic rings. The molecule has 1 aliphatic carbocycles. The van der Waals surface area contributed by atoms with Crippen molar-refractivity contribution in [1.82, 2.24) is 9.55 Å². The number of ether oxygens (including phenoxy) is 1. The number of aromatic nitrogens is 2. The van der Waals surface area contributed by atoms with Crippen molar-refractivity contribution in [3.05, 3.63) is 63.8 Å². The van der Waals surface area contributed by atoms with Gasteiger partial charge in [-0.1, -0.05) is 6.07 Å². The van der Waals surface area contributed by atoms with E-state index in [4.69, 9.17) is 4.74 Å². The summed E-state index contributed by atoms with van der Waals surface area (Å²) in [5.41, 5.74) is 0.899. The number of hydrogen-bond acceptors (Lipinski definition) is 4. The van der Waals surface area contributed by atoms with E-state index >= 15 is 0 Å². The quantitative estimate of drug-likeness (QED) is 0.814. The summed E-state index contributed by atoms with van der Waals surface area (Å²) in [6, 6.07) is 7.88. The molecule has 1 saturated carbocycles. The third kappa shape index (κ3) is 2.36. The van der Waals surface area contributed by atoms with Crippen LogP contribution in [0.15, 0.2) is 41.5 Å². The van der Waals surface area contributed by atoms with Crippen LogP contribution in [0.5, 0.6) is 0 Å². The van der Waals surface area contributed by atoms with Crippen molar-refractivity contribution in [3.8, 4) is 0 Å². The zero-order valence-corrected chi connectivity index (χ0v) is 13.0. The molecular formula is C18H18N2O3. The highest BCUT2D eigenvalue weighted by molar-refractivity contribution is 5.94. The van der Waals surface area contributed by atoms with Crippen LogP contribution in [0.1, 0.15) is 53.8 Å². The molecule has 1 unspecified atom stereocenters. The lowest BCUT2D eigenvalue weighted by molar-refractivity contribution is -0.00302. The molecule has 2 aromatic rings. The fraction of sp³-hybridized carbons (Fsp3) is 0.389. The van der Waals surface area contributed by atoms with E-state index in [1.165, 1.54) is 0 Å². The number of carbonyl (C=O) groups excluding carboxylic acids is 1. The van der Waals surface area contributed by atoms with Crippen molar-refractivity contribution in [2.75, 3.05) is 0 Å². The van der Waals surface area contributed by atoms with Gasteiger partial charge < -0.3 is 9.30 Å². The lowest BCUT2D eigenvalue weighted by Gasteiger charge is -2.23. The molecule has 1 aliphatic heterocycles. The van der Waals surface area contributed by atoms with Crippen LogP contribution in [-0.4, -0.2) is 15.5 Å². The highest BCUT2D eigenvalue weighted by Gasteiger charge is 2.44. The molecule has 118 valence electrons. The van der Waals surface area contributed by atoms with Gasteiger partial charge in [-0.05, 0) is 50.8 Å². The number of cyclic esters (lactones) is 1. The van der Waals surface area contributed by atoms with Crippen molar-refractivity contribution >= 4 is 5.97 Å². The summed E-state index contributed by atoms with van der Waals surface area (Å²) in [7, 11) is 0. The number of nitrogens with zero attached hydrogens (tertiary/aromatic N) is 2. The summed E-state index contributed by atoms with van der Waals surface area (Å²) in [5, 5.41) is 0. The summed E-state index contributed by atoms with van der Waals surface area (Å²) in [6.45, 7) is 1.88. The lowest BCUT2D eigenvalue weighted by atomic mass is 9.90. The zero-order chi connectivity index (χ0) is 16.0. The van der Waals surface area contributed by atoms with E-state index in [0.29, 0.717) is 18.4 Å². The van der Waals surface area contributed by atoms with E-state index in [0.717, 1.165) is 18.5 Å². The van der Waals surface area contributed by atoms with E-state index in [-0.39, 0.29) is 17.2 Å². The van der Waals surface area contributed by atoms with Gasteiger partial charge in [0.2, 0.25) is 0 Å². The highest BCUT2D eigenvalue weighted by atomic mass is 16.6. The summed E-state index contributed by atoms with van der Waals surface area (Å²) >= 11 is 0. The highest BCUT2D eigenvalue weighted by Crippen LogP contribution is 2.40. The molecule has 0 aromatic carbocycles. The number of rotatable bonds is 4. The molecule has 1 atom stereocenters. The Labute approximate surface area is 133 Å². The van der Waals surface area contributed by atoms with Crippen molar-refractivity contribution in [1.29, 1.82) is 0 Å². The molecule has 5 nitrogen and oxygen atoms in total. The lowest BCUT2D eigenvalue weighted by Crippen LogP contribution is -2.26. The van der Waals surface area contributed by atoms with Crippen LogP contribution in [0.4, 0.5) is 0 Å². The SMILES string of the molecule is CC1(CCc2ccccn2)OC(=O)c2c1ccn(C1CC1)c2=O. The molecule has 1 fully saturated rings. The fourth-order valence-electron chi connectivity index (χ4n) is 3.24. The molecule has 23 heavy (non-hydrogen) atoms. The van der Waals surface area contributed by atoms with Crippen molar-refractivity contribution < 1.29 is 9.53 Å². The number of carbonyl (C=O) groups is 1. The molecular weight excluding hydrogens is 292 g/mol. The Hall–Kier alpha value is -2.43. The van der Waals surface area contributed by atoms with Gasteiger partial charge in [-0.2, -0.15) is 0 Å². The standard InChI is InChI=1S/C18H18N2O3/c1-18(9-7-12-4-2-3-10-19-12)14-8-11-20(13-5-6-13)16(21)15(14)17(22)23-18/h2-4,8,10-11,13H,5-7,9H2,1H3. The first-order chi connectivity index (χ1) is 11.1. The minimum atomic E-state index is -0.758. The summed E-state index contributed by atoms with van der Waals surface area (Å²) in [4.78, 5) is 29.1. The van der Waals surface area contributed by atoms with Crippen molar-refractivity contribution in [3.63, 3.8) is 0 Å². The van der Waals surface area contributed by atoms with Gasteiger partial charge in [-0.25, -0.2) is 4.79 Å². The smallest absolute Gasteiger partial charge is 0.345 e. The molecule has 3 heterocycles. The van der Waals surface area contributed by atoms with E-state index in [9.17, 15) is 9.59 Å². The van der Waals surface area contributed by atoms with Crippen LogP contribution < -0.4 is 5.56 Å². The van der Waals surface area contributed by atoms with Crippen LogP contribution in [-0.2, 0) is 16.8 Å². The molecule has 4 rings (SSSR count). The first-order valence-corrected chi connectivity index (χ1v) is 7.97. The molecule has 0 saturated heterocycles. The molecule has 0 amide bonds. The van der Waals surface area contributed by atoms with E-state index in [2.05, 4.69) is 4.98 Å². The molecule has 0 radical (unpaired) electrons.